The van der Waals surface area contributed by atoms with Gasteiger partial charge in [0.25, 0.3) is 0 Å². The fraction of sp³-hybridized carbons (Fsp3) is 0.273. The second-order valence-electron chi connectivity index (χ2n) is 6.59. The smallest absolute Gasteiger partial charge is 0.191 e. The number of hydrogen-bond acceptors (Lipinski definition) is 5. The van der Waals surface area contributed by atoms with Crippen molar-refractivity contribution in [1.82, 2.24) is 19.7 Å². The highest BCUT2D eigenvalue weighted by Gasteiger charge is 2.13. The van der Waals surface area contributed by atoms with Gasteiger partial charge < -0.3 is 9.64 Å². The first-order valence-corrected chi connectivity index (χ1v) is 10.4. The standard InChI is InChI=1S/C22H25FN4OS/c1-3-13-27-21(17-28-20-12-8-7-11-19(20)23)24-25-22(27)29-15-14-26(2)16-18-9-5-4-6-10-18/h3-12H,1,13-17H2,2H3. The van der Waals surface area contributed by atoms with Crippen LogP contribution in [0.2, 0.25) is 0 Å². The van der Waals surface area contributed by atoms with Gasteiger partial charge in [0.1, 0.15) is 6.61 Å². The Balaban J connectivity index is 1.55. The van der Waals surface area contributed by atoms with Crippen molar-refractivity contribution in [3.8, 4) is 5.75 Å². The van der Waals surface area contributed by atoms with Crippen LogP contribution in [0.5, 0.6) is 5.75 Å². The lowest BCUT2D eigenvalue weighted by Crippen LogP contribution is -2.20. The molecule has 0 amide bonds. The van der Waals surface area contributed by atoms with Crippen molar-refractivity contribution >= 4 is 11.8 Å². The summed E-state index contributed by atoms with van der Waals surface area (Å²) in [6.45, 7) is 6.36. The Hall–Kier alpha value is -2.64. The zero-order valence-corrected chi connectivity index (χ0v) is 17.3. The summed E-state index contributed by atoms with van der Waals surface area (Å²) in [6, 6.07) is 16.7. The zero-order valence-electron chi connectivity index (χ0n) is 16.5. The van der Waals surface area contributed by atoms with E-state index in [9.17, 15) is 4.39 Å². The maximum atomic E-state index is 13.8. The Morgan fingerprint density at radius 2 is 1.90 bits per heavy atom. The molecule has 0 N–H and O–H groups in total. The van der Waals surface area contributed by atoms with Gasteiger partial charge in [-0.1, -0.05) is 60.3 Å². The molecule has 1 heterocycles. The lowest BCUT2D eigenvalue weighted by atomic mass is 10.2. The molecule has 0 unspecified atom stereocenters. The highest BCUT2D eigenvalue weighted by Crippen LogP contribution is 2.20. The van der Waals surface area contributed by atoms with Crippen molar-refractivity contribution in [2.75, 3.05) is 19.3 Å². The van der Waals surface area contributed by atoms with Gasteiger partial charge in [0.05, 0.1) is 0 Å². The molecule has 2 aromatic carbocycles. The van der Waals surface area contributed by atoms with E-state index in [1.165, 1.54) is 11.6 Å². The maximum absolute atomic E-state index is 13.8. The van der Waals surface area contributed by atoms with Crippen LogP contribution in [0, 0.1) is 5.82 Å². The second kappa shape index (κ2) is 10.8. The number of ether oxygens (including phenoxy) is 1. The van der Waals surface area contributed by atoms with Crippen LogP contribution in [0.15, 0.2) is 72.4 Å². The number of allylic oxidation sites excluding steroid dienone is 1. The van der Waals surface area contributed by atoms with Gasteiger partial charge in [0.2, 0.25) is 0 Å². The normalized spacial score (nSPS) is 11.0. The summed E-state index contributed by atoms with van der Waals surface area (Å²) in [5.41, 5.74) is 1.29. The van der Waals surface area contributed by atoms with Crippen LogP contribution in [0.4, 0.5) is 4.39 Å². The molecule has 0 radical (unpaired) electrons. The van der Waals surface area contributed by atoms with Crippen LogP contribution in [0.1, 0.15) is 11.4 Å². The average Bonchev–Trinajstić information content (AvgIpc) is 3.10. The molecule has 3 aromatic rings. The first kappa shape index (κ1) is 21.1. The van der Waals surface area contributed by atoms with E-state index < -0.39 is 5.82 Å². The highest BCUT2D eigenvalue weighted by atomic mass is 32.2. The minimum Gasteiger partial charge on any atom is -0.483 e. The average molecular weight is 413 g/mol. The highest BCUT2D eigenvalue weighted by molar-refractivity contribution is 7.99. The van der Waals surface area contributed by atoms with Gasteiger partial charge in [-0.05, 0) is 24.7 Å². The SMILES string of the molecule is C=CCn1c(COc2ccccc2F)nnc1SCCN(C)Cc1ccccc1. The minimum absolute atomic E-state index is 0.149. The fourth-order valence-corrected chi connectivity index (χ4v) is 3.84. The van der Waals surface area contributed by atoms with Gasteiger partial charge in [-0.15, -0.1) is 16.8 Å². The monoisotopic (exact) mass is 412 g/mol. The summed E-state index contributed by atoms with van der Waals surface area (Å²) in [5, 5.41) is 9.32. The Kier molecular flexibility index (Phi) is 7.84. The molecule has 0 aliphatic heterocycles. The predicted molar refractivity (Wildman–Crippen MR) is 114 cm³/mol. The summed E-state index contributed by atoms with van der Waals surface area (Å²) in [5.74, 6) is 1.34. The van der Waals surface area contributed by atoms with Crippen LogP contribution in [-0.4, -0.2) is 39.0 Å². The quantitative estimate of drug-likeness (QED) is 0.345. The molecular weight excluding hydrogens is 387 g/mol. The van der Waals surface area contributed by atoms with E-state index in [0.717, 1.165) is 24.0 Å². The summed E-state index contributed by atoms with van der Waals surface area (Å²) in [6.07, 6.45) is 1.79. The van der Waals surface area contributed by atoms with E-state index in [0.29, 0.717) is 12.4 Å². The number of aromatic nitrogens is 3. The van der Waals surface area contributed by atoms with Crippen LogP contribution >= 0.6 is 11.8 Å². The predicted octanol–water partition coefficient (Wildman–Crippen LogP) is 4.41. The fourth-order valence-electron chi connectivity index (χ4n) is 2.82. The molecule has 0 fully saturated rings. The van der Waals surface area contributed by atoms with Gasteiger partial charge in [0, 0.05) is 25.4 Å². The van der Waals surface area contributed by atoms with Crippen LogP contribution < -0.4 is 4.74 Å². The summed E-state index contributed by atoms with van der Waals surface area (Å²) in [7, 11) is 2.11. The molecule has 1 aromatic heterocycles. The van der Waals surface area contributed by atoms with Crippen LogP contribution in [0.25, 0.3) is 0 Å². The van der Waals surface area contributed by atoms with E-state index in [2.05, 4.69) is 53.0 Å². The number of benzene rings is 2. The zero-order chi connectivity index (χ0) is 20.5. The van der Waals surface area contributed by atoms with Gasteiger partial charge in [-0.2, -0.15) is 0 Å². The van der Waals surface area contributed by atoms with Crippen LogP contribution in [0.3, 0.4) is 0 Å². The molecule has 0 spiro atoms. The third-order valence-corrected chi connectivity index (χ3v) is 5.24. The second-order valence-corrected chi connectivity index (χ2v) is 7.65. The van der Waals surface area contributed by atoms with E-state index in [-0.39, 0.29) is 12.4 Å². The number of para-hydroxylation sites is 1. The molecule has 0 atom stereocenters. The molecular formula is C22H25FN4OS. The minimum atomic E-state index is -0.390. The Labute approximate surface area is 175 Å². The maximum Gasteiger partial charge on any atom is 0.191 e. The molecule has 0 saturated carbocycles. The van der Waals surface area contributed by atoms with Crippen molar-refractivity contribution in [2.24, 2.45) is 0 Å². The number of hydrogen-bond donors (Lipinski definition) is 0. The van der Waals surface area contributed by atoms with E-state index >= 15 is 0 Å². The summed E-state index contributed by atoms with van der Waals surface area (Å²) in [4.78, 5) is 2.28. The lowest BCUT2D eigenvalue weighted by molar-refractivity contribution is 0.275. The molecule has 3 rings (SSSR count). The lowest BCUT2D eigenvalue weighted by Gasteiger charge is -2.16. The number of nitrogens with zero attached hydrogens (tertiary/aromatic N) is 4. The van der Waals surface area contributed by atoms with E-state index in [1.54, 1.807) is 36.0 Å². The Morgan fingerprint density at radius 3 is 2.66 bits per heavy atom. The molecule has 0 aliphatic rings. The Bertz CT molecular complexity index is 916. The third kappa shape index (κ3) is 6.17. The number of thioether (sulfide) groups is 1. The van der Waals surface area contributed by atoms with Crippen molar-refractivity contribution in [3.63, 3.8) is 0 Å². The molecule has 0 bridgehead atoms. The van der Waals surface area contributed by atoms with E-state index in [4.69, 9.17) is 4.74 Å². The van der Waals surface area contributed by atoms with Gasteiger partial charge >= 0.3 is 0 Å². The molecule has 5 nitrogen and oxygen atoms in total. The first-order chi connectivity index (χ1) is 14.2. The van der Waals surface area contributed by atoms with Crippen molar-refractivity contribution < 1.29 is 9.13 Å². The third-order valence-electron chi connectivity index (χ3n) is 4.30. The van der Waals surface area contributed by atoms with Gasteiger partial charge in [-0.25, -0.2) is 4.39 Å². The molecule has 7 heteroatoms. The van der Waals surface area contributed by atoms with Gasteiger partial charge in [0.15, 0.2) is 22.5 Å². The van der Waals surface area contributed by atoms with Gasteiger partial charge in [-0.3, -0.25) is 4.57 Å². The van der Waals surface area contributed by atoms with Crippen LogP contribution in [-0.2, 0) is 19.7 Å². The topological polar surface area (TPSA) is 43.2 Å². The molecule has 0 saturated heterocycles. The largest absolute Gasteiger partial charge is 0.483 e. The molecule has 0 aliphatic carbocycles. The number of rotatable bonds is 11. The first-order valence-electron chi connectivity index (χ1n) is 9.43. The van der Waals surface area contributed by atoms with E-state index in [1.807, 2.05) is 10.6 Å². The van der Waals surface area contributed by atoms with Crippen molar-refractivity contribution in [3.05, 3.63) is 84.5 Å². The molecule has 29 heavy (non-hydrogen) atoms. The van der Waals surface area contributed by atoms with Crippen molar-refractivity contribution in [2.45, 2.75) is 24.9 Å². The summed E-state index contributed by atoms with van der Waals surface area (Å²) < 4.78 is 21.3. The summed E-state index contributed by atoms with van der Waals surface area (Å²) >= 11 is 1.64. The number of halogens is 1. The molecule has 152 valence electrons. The van der Waals surface area contributed by atoms with Crippen molar-refractivity contribution in [1.29, 1.82) is 0 Å². The Morgan fingerprint density at radius 1 is 1.14 bits per heavy atom.